The van der Waals surface area contributed by atoms with Gasteiger partial charge in [0.05, 0.1) is 25.3 Å². The van der Waals surface area contributed by atoms with Crippen molar-refractivity contribution in [2.24, 2.45) is 0 Å². The van der Waals surface area contributed by atoms with Gasteiger partial charge in [0.2, 0.25) is 5.88 Å². The molecule has 8 heteroatoms. The second-order valence-corrected chi connectivity index (χ2v) is 5.62. The second-order valence-electron chi connectivity index (χ2n) is 4.72. The zero-order valence-electron chi connectivity index (χ0n) is 13.1. The number of aromatic nitrogens is 2. The summed E-state index contributed by atoms with van der Waals surface area (Å²) >= 11 is 1.49. The molecule has 2 heterocycles. The summed E-state index contributed by atoms with van der Waals surface area (Å²) < 4.78 is 15.9. The highest BCUT2D eigenvalue weighted by Gasteiger charge is 2.12. The van der Waals surface area contributed by atoms with Crippen LogP contribution in [0.3, 0.4) is 0 Å². The van der Waals surface area contributed by atoms with E-state index in [2.05, 4.69) is 15.3 Å². The number of anilines is 1. The summed E-state index contributed by atoms with van der Waals surface area (Å²) in [5, 5.41) is 5.42. The number of nitrogens with zero attached hydrogens (tertiary/aromatic N) is 2. The molecule has 0 aliphatic rings. The molecule has 2 aromatic heterocycles. The molecule has 3 aromatic rings. The lowest BCUT2D eigenvalue weighted by Gasteiger charge is -2.12. The highest BCUT2D eigenvalue weighted by molar-refractivity contribution is 7.16. The van der Waals surface area contributed by atoms with E-state index in [4.69, 9.17) is 14.2 Å². The number of benzene rings is 1. The molecule has 1 amide bonds. The molecule has 0 fully saturated rings. The molecule has 0 saturated carbocycles. The second kappa shape index (κ2) is 7.14. The van der Waals surface area contributed by atoms with Crippen LogP contribution in [-0.4, -0.2) is 36.7 Å². The van der Waals surface area contributed by atoms with E-state index in [1.165, 1.54) is 24.8 Å². The number of thiophene rings is 1. The number of hydrogen-bond donors (Lipinski definition) is 1. The summed E-state index contributed by atoms with van der Waals surface area (Å²) in [5.41, 5.74) is 0.508. The predicted molar refractivity (Wildman–Crippen MR) is 91.1 cm³/mol. The van der Waals surface area contributed by atoms with Crippen molar-refractivity contribution in [1.82, 2.24) is 9.97 Å². The number of nitrogens with one attached hydrogen (secondary N) is 1. The van der Waals surface area contributed by atoms with Crippen molar-refractivity contribution in [1.29, 1.82) is 0 Å². The summed E-state index contributed by atoms with van der Waals surface area (Å²) in [6, 6.07) is 7.00. The van der Waals surface area contributed by atoms with Crippen LogP contribution in [0.5, 0.6) is 17.4 Å². The smallest absolute Gasteiger partial charge is 0.262 e. The number of carbonyl (C=O) groups excluding carboxylic acids is 1. The summed E-state index contributed by atoms with van der Waals surface area (Å²) in [4.78, 5) is 21.2. The summed E-state index contributed by atoms with van der Waals surface area (Å²) in [6.07, 6.45) is 1.41. The van der Waals surface area contributed by atoms with E-state index < -0.39 is 0 Å². The minimum Gasteiger partial charge on any atom is -0.497 e. The molecule has 7 nitrogen and oxygen atoms in total. The molecular formula is C16H15N3O4S. The zero-order valence-corrected chi connectivity index (χ0v) is 13.9. The van der Waals surface area contributed by atoms with Crippen LogP contribution in [0.4, 0.5) is 5.69 Å². The quantitative estimate of drug-likeness (QED) is 0.740. The topological polar surface area (TPSA) is 82.6 Å². The van der Waals surface area contributed by atoms with Crippen LogP contribution in [0.25, 0.3) is 10.2 Å². The monoisotopic (exact) mass is 345 g/mol. The van der Waals surface area contributed by atoms with Crippen LogP contribution in [0.1, 0.15) is 0 Å². The summed E-state index contributed by atoms with van der Waals surface area (Å²) in [5.74, 6) is 1.20. The average molecular weight is 345 g/mol. The lowest BCUT2D eigenvalue weighted by atomic mass is 10.2. The van der Waals surface area contributed by atoms with E-state index >= 15 is 0 Å². The Morgan fingerprint density at radius 2 is 2.08 bits per heavy atom. The maximum Gasteiger partial charge on any atom is 0.262 e. The van der Waals surface area contributed by atoms with Crippen molar-refractivity contribution in [3.63, 3.8) is 0 Å². The van der Waals surface area contributed by atoms with E-state index in [0.717, 1.165) is 10.2 Å². The Balaban J connectivity index is 1.69. The van der Waals surface area contributed by atoms with E-state index in [1.54, 1.807) is 25.3 Å². The van der Waals surface area contributed by atoms with Gasteiger partial charge >= 0.3 is 0 Å². The Bertz CT molecular complexity index is 865. The molecule has 0 unspecified atom stereocenters. The molecule has 1 aromatic carbocycles. The highest BCUT2D eigenvalue weighted by atomic mass is 32.1. The third kappa shape index (κ3) is 3.38. The van der Waals surface area contributed by atoms with Gasteiger partial charge in [-0.1, -0.05) is 0 Å². The van der Waals surface area contributed by atoms with Gasteiger partial charge in [-0.3, -0.25) is 4.79 Å². The molecule has 24 heavy (non-hydrogen) atoms. The van der Waals surface area contributed by atoms with Crippen LogP contribution in [-0.2, 0) is 4.79 Å². The highest BCUT2D eigenvalue weighted by Crippen LogP contribution is 2.29. The van der Waals surface area contributed by atoms with E-state index in [0.29, 0.717) is 23.1 Å². The normalized spacial score (nSPS) is 10.4. The van der Waals surface area contributed by atoms with Crippen molar-refractivity contribution in [3.8, 4) is 17.4 Å². The maximum atomic E-state index is 12.2. The number of fused-ring (bicyclic) bond motifs is 1. The number of ether oxygens (including phenoxy) is 3. The van der Waals surface area contributed by atoms with Crippen LogP contribution >= 0.6 is 11.3 Å². The number of amides is 1. The third-order valence-electron chi connectivity index (χ3n) is 3.25. The van der Waals surface area contributed by atoms with E-state index in [-0.39, 0.29) is 12.5 Å². The van der Waals surface area contributed by atoms with Crippen molar-refractivity contribution in [3.05, 3.63) is 36.0 Å². The Morgan fingerprint density at radius 3 is 2.88 bits per heavy atom. The molecule has 0 aliphatic carbocycles. The molecule has 1 N–H and O–H groups in total. The van der Waals surface area contributed by atoms with Gasteiger partial charge in [-0.25, -0.2) is 9.97 Å². The molecule has 0 radical (unpaired) electrons. The third-order valence-corrected chi connectivity index (χ3v) is 4.07. The number of methoxy groups -OCH3 is 2. The van der Waals surface area contributed by atoms with Gasteiger partial charge in [-0.2, -0.15) is 0 Å². The number of rotatable bonds is 6. The fourth-order valence-electron chi connectivity index (χ4n) is 2.11. The minimum absolute atomic E-state index is 0.178. The SMILES string of the molecule is COc1ccc(OC)c(NC(=O)COc2ncnc3sccc23)c1. The van der Waals surface area contributed by atoms with Crippen LogP contribution in [0, 0.1) is 0 Å². The van der Waals surface area contributed by atoms with Crippen molar-refractivity contribution < 1.29 is 19.0 Å². The van der Waals surface area contributed by atoms with E-state index in [9.17, 15) is 4.79 Å². The zero-order chi connectivity index (χ0) is 16.9. The lowest BCUT2D eigenvalue weighted by Crippen LogP contribution is -2.21. The fraction of sp³-hybridized carbons (Fsp3) is 0.188. The number of carbonyl (C=O) groups is 1. The van der Waals surface area contributed by atoms with Crippen molar-refractivity contribution >= 4 is 33.1 Å². The standard InChI is InChI=1S/C16H15N3O4S/c1-21-10-3-4-13(22-2)12(7-10)19-14(20)8-23-15-11-5-6-24-16(11)18-9-17-15/h3-7,9H,8H2,1-2H3,(H,19,20). The van der Waals surface area contributed by atoms with Gasteiger partial charge in [0.1, 0.15) is 22.7 Å². The molecule has 0 spiro atoms. The van der Waals surface area contributed by atoms with Crippen molar-refractivity contribution in [2.75, 3.05) is 26.1 Å². The lowest BCUT2D eigenvalue weighted by molar-refractivity contribution is -0.118. The van der Waals surface area contributed by atoms with Crippen LogP contribution in [0.2, 0.25) is 0 Å². The van der Waals surface area contributed by atoms with Gasteiger partial charge in [-0.15, -0.1) is 11.3 Å². The first kappa shape index (κ1) is 16.0. The van der Waals surface area contributed by atoms with Crippen molar-refractivity contribution in [2.45, 2.75) is 0 Å². The molecular weight excluding hydrogens is 330 g/mol. The molecule has 0 aliphatic heterocycles. The van der Waals surface area contributed by atoms with Gasteiger partial charge in [0, 0.05) is 6.07 Å². The summed E-state index contributed by atoms with van der Waals surface area (Å²) in [7, 11) is 3.08. The predicted octanol–water partition coefficient (Wildman–Crippen LogP) is 2.73. The molecule has 3 rings (SSSR count). The molecule has 0 saturated heterocycles. The van der Waals surface area contributed by atoms with Crippen LogP contribution < -0.4 is 19.5 Å². The minimum atomic E-state index is -0.330. The molecule has 124 valence electrons. The summed E-state index contributed by atoms with van der Waals surface area (Å²) in [6.45, 7) is -0.178. The van der Waals surface area contributed by atoms with E-state index in [1.807, 2.05) is 11.4 Å². The maximum absolute atomic E-state index is 12.2. The Kier molecular flexibility index (Phi) is 4.76. The average Bonchev–Trinajstić information content (AvgIpc) is 3.09. The van der Waals surface area contributed by atoms with Gasteiger partial charge < -0.3 is 19.5 Å². The van der Waals surface area contributed by atoms with Gasteiger partial charge in [0.25, 0.3) is 5.91 Å². The molecule has 0 atom stereocenters. The fourth-order valence-corrected chi connectivity index (χ4v) is 2.84. The Labute approximate surface area is 142 Å². The first-order valence-corrected chi connectivity index (χ1v) is 7.92. The first-order valence-electron chi connectivity index (χ1n) is 7.04. The van der Waals surface area contributed by atoms with Gasteiger partial charge in [-0.05, 0) is 23.6 Å². The Hall–Kier alpha value is -2.87. The van der Waals surface area contributed by atoms with Crippen LogP contribution in [0.15, 0.2) is 36.0 Å². The largest absolute Gasteiger partial charge is 0.497 e. The molecule has 0 bridgehead atoms. The van der Waals surface area contributed by atoms with Gasteiger partial charge in [0.15, 0.2) is 6.61 Å². The first-order chi connectivity index (χ1) is 11.7. The Morgan fingerprint density at radius 1 is 1.21 bits per heavy atom. The number of hydrogen-bond acceptors (Lipinski definition) is 7.